The summed E-state index contributed by atoms with van der Waals surface area (Å²) in [5.41, 5.74) is -0.262. The highest BCUT2D eigenvalue weighted by Gasteiger charge is 2.26. The fraction of sp³-hybridized carbons (Fsp3) is 0.118. The van der Waals surface area contributed by atoms with Gasteiger partial charge in [0.05, 0.1) is 4.92 Å². The standard InChI is InChI=1S/C17H14N2O6/c1-11(20)18(10-16(21)22)14-8-7-13(9-15(14)19(24)25)17(23)12-5-3-2-4-6-12/h2-9H,10H2,1H3,(H,21,22). The fourth-order valence-electron chi connectivity index (χ4n) is 2.30. The number of aliphatic carboxylic acids is 1. The van der Waals surface area contributed by atoms with Crippen molar-refractivity contribution in [3.8, 4) is 0 Å². The molecule has 1 N–H and O–H groups in total. The summed E-state index contributed by atoms with van der Waals surface area (Å²) in [7, 11) is 0. The number of amides is 1. The highest BCUT2D eigenvalue weighted by Crippen LogP contribution is 2.30. The molecular formula is C17H14N2O6. The first-order valence-corrected chi connectivity index (χ1v) is 7.19. The van der Waals surface area contributed by atoms with E-state index in [1.165, 1.54) is 12.1 Å². The molecule has 0 aliphatic heterocycles. The first-order valence-electron chi connectivity index (χ1n) is 7.19. The van der Waals surface area contributed by atoms with Crippen molar-refractivity contribution in [1.29, 1.82) is 0 Å². The Morgan fingerprint density at radius 1 is 1.08 bits per heavy atom. The minimum absolute atomic E-state index is 0.0699. The average Bonchev–Trinajstić information content (AvgIpc) is 2.59. The maximum absolute atomic E-state index is 12.4. The van der Waals surface area contributed by atoms with Crippen LogP contribution in [0.1, 0.15) is 22.8 Å². The number of ketones is 1. The Balaban J connectivity index is 2.51. The second-order valence-electron chi connectivity index (χ2n) is 5.15. The van der Waals surface area contributed by atoms with Gasteiger partial charge < -0.3 is 5.11 Å². The van der Waals surface area contributed by atoms with E-state index in [1.54, 1.807) is 30.3 Å². The van der Waals surface area contributed by atoms with Crippen LogP contribution in [0.3, 0.4) is 0 Å². The number of hydrogen-bond acceptors (Lipinski definition) is 5. The third-order valence-corrected chi connectivity index (χ3v) is 3.43. The molecule has 128 valence electrons. The van der Waals surface area contributed by atoms with E-state index in [2.05, 4.69) is 0 Å². The lowest BCUT2D eigenvalue weighted by Gasteiger charge is -2.19. The highest BCUT2D eigenvalue weighted by molar-refractivity contribution is 6.10. The first kappa shape index (κ1) is 17.8. The Kier molecular flexibility index (Phi) is 5.23. The molecule has 0 radical (unpaired) electrons. The van der Waals surface area contributed by atoms with Crippen LogP contribution in [0.5, 0.6) is 0 Å². The topological polar surface area (TPSA) is 118 Å². The smallest absolute Gasteiger partial charge is 0.323 e. The van der Waals surface area contributed by atoms with Crippen LogP contribution in [-0.4, -0.2) is 34.2 Å². The van der Waals surface area contributed by atoms with Gasteiger partial charge in [0.25, 0.3) is 5.69 Å². The molecule has 2 rings (SSSR count). The van der Waals surface area contributed by atoms with Gasteiger partial charge in [-0.25, -0.2) is 0 Å². The molecular weight excluding hydrogens is 328 g/mol. The quantitative estimate of drug-likeness (QED) is 0.489. The maximum atomic E-state index is 12.4. The van der Waals surface area contributed by atoms with Crippen molar-refractivity contribution >= 4 is 29.0 Å². The number of nitro benzene ring substituents is 1. The molecule has 0 aromatic heterocycles. The Morgan fingerprint density at radius 2 is 1.72 bits per heavy atom. The molecule has 0 saturated carbocycles. The van der Waals surface area contributed by atoms with Crippen LogP contribution in [-0.2, 0) is 9.59 Å². The molecule has 1 amide bonds. The van der Waals surface area contributed by atoms with Crippen LogP contribution >= 0.6 is 0 Å². The van der Waals surface area contributed by atoms with Crippen LogP contribution < -0.4 is 4.90 Å². The number of carbonyl (C=O) groups is 3. The molecule has 0 heterocycles. The lowest BCUT2D eigenvalue weighted by molar-refractivity contribution is -0.384. The number of carboxylic acid groups (broad SMARTS) is 1. The summed E-state index contributed by atoms with van der Waals surface area (Å²) in [6, 6.07) is 11.8. The molecule has 0 aliphatic rings. The first-order chi connectivity index (χ1) is 11.8. The van der Waals surface area contributed by atoms with E-state index >= 15 is 0 Å². The van der Waals surface area contributed by atoms with E-state index < -0.39 is 34.8 Å². The number of benzene rings is 2. The lowest BCUT2D eigenvalue weighted by Crippen LogP contribution is -2.34. The third kappa shape index (κ3) is 4.05. The minimum Gasteiger partial charge on any atom is -0.480 e. The van der Waals surface area contributed by atoms with Crippen molar-refractivity contribution in [1.82, 2.24) is 0 Å². The molecule has 0 unspecified atom stereocenters. The number of nitro groups is 1. The van der Waals surface area contributed by atoms with Crippen molar-refractivity contribution in [3.05, 3.63) is 69.8 Å². The van der Waals surface area contributed by atoms with Crippen LogP contribution in [0.4, 0.5) is 11.4 Å². The third-order valence-electron chi connectivity index (χ3n) is 3.43. The molecule has 0 bridgehead atoms. The summed E-state index contributed by atoms with van der Waals surface area (Å²) < 4.78 is 0. The number of carbonyl (C=O) groups excluding carboxylic acids is 2. The predicted octanol–water partition coefficient (Wildman–Crippen LogP) is 2.26. The molecule has 2 aromatic rings. The SMILES string of the molecule is CC(=O)N(CC(=O)O)c1ccc(C(=O)c2ccccc2)cc1[N+](=O)[O-]. The van der Waals surface area contributed by atoms with Crippen molar-refractivity contribution in [2.24, 2.45) is 0 Å². The van der Waals surface area contributed by atoms with Crippen LogP contribution in [0.15, 0.2) is 48.5 Å². The summed E-state index contributed by atoms with van der Waals surface area (Å²) in [4.78, 5) is 46.4. The Bertz CT molecular complexity index is 847. The van der Waals surface area contributed by atoms with E-state index in [4.69, 9.17) is 5.11 Å². The summed E-state index contributed by atoms with van der Waals surface area (Å²) in [6.07, 6.45) is 0. The Labute approximate surface area is 142 Å². The van der Waals surface area contributed by atoms with Gasteiger partial charge in [0.1, 0.15) is 12.2 Å². The van der Waals surface area contributed by atoms with E-state index in [1.807, 2.05) is 0 Å². The second-order valence-corrected chi connectivity index (χ2v) is 5.15. The largest absolute Gasteiger partial charge is 0.480 e. The summed E-state index contributed by atoms with van der Waals surface area (Å²) >= 11 is 0. The van der Waals surface area contributed by atoms with Gasteiger partial charge in [0.2, 0.25) is 5.91 Å². The van der Waals surface area contributed by atoms with Gasteiger partial charge >= 0.3 is 5.97 Å². The van der Waals surface area contributed by atoms with E-state index in [-0.39, 0.29) is 11.3 Å². The van der Waals surface area contributed by atoms with Gasteiger partial charge in [0, 0.05) is 24.1 Å². The maximum Gasteiger partial charge on any atom is 0.323 e. The molecule has 25 heavy (non-hydrogen) atoms. The fourth-order valence-corrected chi connectivity index (χ4v) is 2.30. The molecule has 0 spiro atoms. The van der Waals surface area contributed by atoms with E-state index in [0.717, 1.165) is 17.9 Å². The monoisotopic (exact) mass is 342 g/mol. The summed E-state index contributed by atoms with van der Waals surface area (Å²) in [5, 5.41) is 20.3. The van der Waals surface area contributed by atoms with Crippen molar-refractivity contribution in [3.63, 3.8) is 0 Å². The molecule has 8 heteroatoms. The van der Waals surface area contributed by atoms with Gasteiger partial charge in [-0.3, -0.25) is 29.4 Å². The van der Waals surface area contributed by atoms with Crippen molar-refractivity contribution in [2.45, 2.75) is 6.92 Å². The van der Waals surface area contributed by atoms with Crippen LogP contribution in [0.2, 0.25) is 0 Å². The van der Waals surface area contributed by atoms with Gasteiger partial charge in [0.15, 0.2) is 5.78 Å². The summed E-state index contributed by atoms with van der Waals surface area (Å²) in [6.45, 7) is 0.387. The molecule has 0 saturated heterocycles. The van der Waals surface area contributed by atoms with Gasteiger partial charge in [-0.1, -0.05) is 30.3 Å². The van der Waals surface area contributed by atoms with Crippen LogP contribution in [0.25, 0.3) is 0 Å². The zero-order valence-corrected chi connectivity index (χ0v) is 13.2. The van der Waals surface area contributed by atoms with Gasteiger partial charge in [-0.05, 0) is 12.1 Å². The number of hydrogen-bond donors (Lipinski definition) is 1. The molecule has 0 aliphatic carbocycles. The van der Waals surface area contributed by atoms with E-state index in [9.17, 15) is 24.5 Å². The molecule has 0 fully saturated rings. The van der Waals surface area contributed by atoms with E-state index in [0.29, 0.717) is 5.56 Å². The van der Waals surface area contributed by atoms with Crippen LogP contribution in [0, 0.1) is 10.1 Å². The number of anilines is 1. The second kappa shape index (κ2) is 7.35. The lowest BCUT2D eigenvalue weighted by atomic mass is 10.0. The summed E-state index contributed by atoms with van der Waals surface area (Å²) in [5.74, 6) is -2.38. The Hall–Kier alpha value is -3.55. The Morgan fingerprint density at radius 3 is 2.24 bits per heavy atom. The molecule has 2 aromatic carbocycles. The normalized spacial score (nSPS) is 10.1. The van der Waals surface area contributed by atoms with Gasteiger partial charge in [-0.2, -0.15) is 0 Å². The van der Waals surface area contributed by atoms with Gasteiger partial charge in [-0.15, -0.1) is 0 Å². The van der Waals surface area contributed by atoms with Crippen molar-refractivity contribution < 1.29 is 24.4 Å². The zero-order chi connectivity index (χ0) is 18.6. The minimum atomic E-state index is -1.31. The number of rotatable bonds is 6. The predicted molar refractivity (Wildman–Crippen MR) is 88.6 cm³/mol. The zero-order valence-electron chi connectivity index (χ0n) is 13.2. The number of carboxylic acids is 1. The number of nitrogens with zero attached hydrogens (tertiary/aromatic N) is 2. The molecule has 8 nitrogen and oxygen atoms in total. The average molecular weight is 342 g/mol. The highest BCUT2D eigenvalue weighted by atomic mass is 16.6. The van der Waals surface area contributed by atoms with Crippen molar-refractivity contribution in [2.75, 3.05) is 11.4 Å². The molecule has 0 atom stereocenters.